The molecule has 0 aromatic rings. The summed E-state index contributed by atoms with van der Waals surface area (Å²) in [7, 11) is 0. The van der Waals surface area contributed by atoms with Gasteiger partial charge in [0.15, 0.2) is 2.69 Å². The number of hydrogen-bond acceptors (Lipinski definition) is 0. The fourth-order valence-corrected chi connectivity index (χ4v) is 1.23. The number of rotatable bonds is 4. The lowest BCUT2D eigenvalue weighted by Crippen LogP contribution is -2.14. The lowest BCUT2D eigenvalue weighted by molar-refractivity contribution is 0.689. The molecule has 0 spiro atoms. The number of halogens is 5. The molecule has 0 aromatic carbocycles. The number of alkyl halides is 5. The highest BCUT2D eigenvalue weighted by atomic mass is 79.9. The summed E-state index contributed by atoms with van der Waals surface area (Å²) in [5.41, 5.74) is 0. The van der Waals surface area contributed by atoms with Crippen LogP contribution in [0.3, 0.4) is 0 Å². The Bertz CT molecular complexity index is 119. The average Bonchev–Trinajstić information content (AvgIpc) is 1.83. The SMILES string of the molecule is [CH2]CC(Cl)(Br)CCC(Cl)(Br)Br. The van der Waals surface area contributed by atoms with E-state index in [1.165, 1.54) is 0 Å². The van der Waals surface area contributed by atoms with Gasteiger partial charge in [0, 0.05) is 0 Å². The van der Waals surface area contributed by atoms with E-state index in [4.69, 9.17) is 23.2 Å². The van der Waals surface area contributed by atoms with Crippen LogP contribution in [0.5, 0.6) is 0 Å². The zero-order chi connectivity index (χ0) is 9.12. The third-order valence-electron chi connectivity index (χ3n) is 1.14. The Balaban J connectivity index is 3.70. The van der Waals surface area contributed by atoms with Gasteiger partial charge in [0.25, 0.3) is 0 Å². The molecule has 5 heteroatoms. The topological polar surface area (TPSA) is 0 Å². The van der Waals surface area contributed by atoms with Gasteiger partial charge in [-0.05, 0) is 19.3 Å². The van der Waals surface area contributed by atoms with Crippen molar-refractivity contribution >= 4 is 71.0 Å². The molecule has 0 rings (SSSR count). The van der Waals surface area contributed by atoms with Crippen LogP contribution in [0, 0.1) is 6.92 Å². The Morgan fingerprint density at radius 2 is 1.55 bits per heavy atom. The second kappa shape index (κ2) is 5.04. The Hall–Kier alpha value is 2.02. The van der Waals surface area contributed by atoms with Gasteiger partial charge in [-0.1, -0.05) is 66.3 Å². The smallest absolute Gasteiger partial charge is 0.107 e. The fraction of sp³-hybridized carbons (Fsp3) is 0.833. The summed E-state index contributed by atoms with van der Waals surface area (Å²) in [6.45, 7) is 3.71. The molecule has 0 bridgehead atoms. The van der Waals surface area contributed by atoms with Crippen molar-refractivity contribution in [1.82, 2.24) is 0 Å². The van der Waals surface area contributed by atoms with Gasteiger partial charge in [-0.2, -0.15) is 0 Å². The first kappa shape index (κ1) is 13.0. The van der Waals surface area contributed by atoms with E-state index in [1.54, 1.807) is 0 Å². The van der Waals surface area contributed by atoms with Crippen molar-refractivity contribution in [3.8, 4) is 0 Å². The molecule has 0 saturated carbocycles. The zero-order valence-electron chi connectivity index (χ0n) is 5.72. The van der Waals surface area contributed by atoms with Crippen LogP contribution in [0.15, 0.2) is 0 Å². The molecule has 11 heavy (non-hydrogen) atoms. The van der Waals surface area contributed by atoms with E-state index < -0.39 is 6.48 Å². The molecule has 1 radical (unpaired) electrons. The minimum Gasteiger partial charge on any atom is -0.107 e. The van der Waals surface area contributed by atoms with Crippen molar-refractivity contribution < 1.29 is 0 Å². The first-order chi connectivity index (χ1) is 4.77. The van der Waals surface area contributed by atoms with Gasteiger partial charge in [-0.15, -0.1) is 11.6 Å². The Kier molecular flexibility index (Phi) is 5.96. The molecule has 0 saturated heterocycles. The molecule has 67 valence electrons. The quantitative estimate of drug-likeness (QED) is 0.592. The molecule has 0 aromatic heterocycles. The predicted molar refractivity (Wildman–Crippen MR) is 63.2 cm³/mol. The molecule has 0 heterocycles. The number of hydrogen-bond donors (Lipinski definition) is 0. The highest BCUT2D eigenvalue weighted by Crippen LogP contribution is 2.41. The van der Waals surface area contributed by atoms with Crippen LogP contribution < -0.4 is 0 Å². The van der Waals surface area contributed by atoms with Crippen LogP contribution in [0.25, 0.3) is 0 Å². The van der Waals surface area contributed by atoms with Crippen molar-refractivity contribution in [2.45, 2.75) is 25.7 Å². The third kappa shape index (κ3) is 8.35. The Labute approximate surface area is 103 Å². The van der Waals surface area contributed by atoms with E-state index in [0.29, 0.717) is 6.42 Å². The summed E-state index contributed by atoms with van der Waals surface area (Å²) in [4.78, 5) is 0. The van der Waals surface area contributed by atoms with Crippen molar-refractivity contribution in [3.63, 3.8) is 0 Å². The molecular weight excluding hydrogens is 383 g/mol. The first-order valence-electron chi connectivity index (χ1n) is 3.01. The minimum atomic E-state index is -0.539. The maximum absolute atomic E-state index is 5.98. The normalized spacial score (nSPS) is 18.0. The summed E-state index contributed by atoms with van der Waals surface area (Å²) in [6, 6.07) is 0. The van der Waals surface area contributed by atoms with Gasteiger partial charge < -0.3 is 0 Å². The zero-order valence-corrected chi connectivity index (χ0v) is 12.0. The van der Waals surface area contributed by atoms with Crippen LogP contribution in [-0.2, 0) is 0 Å². The lowest BCUT2D eigenvalue weighted by atomic mass is 10.2. The van der Waals surface area contributed by atoms with Crippen LogP contribution in [-0.4, -0.2) is 6.48 Å². The molecule has 0 aliphatic carbocycles. The van der Waals surface area contributed by atoms with Gasteiger partial charge in [0.05, 0.1) is 3.78 Å². The molecule has 0 aliphatic rings. The lowest BCUT2D eigenvalue weighted by Gasteiger charge is -2.20. The predicted octanol–water partition coefficient (Wildman–Crippen LogP) is 5.00. The summed E-state index contributed by atoms with van der Waals surface area (Å²) in [6.07, 6.45) is 2.10. The second-order valence-corrected chi connectivity index (χ2v) is 10.2. The molecule has 0 aliphatic heterocycles. The maximum Gasteiger partial charge on any atom is 0.153 e. The van der Waals surface area contributed by atoms with Gasteiger partial charge in [-0.25, -0.2) is 0 Å². The maximum atomic E-state index is 5.98. The van der Waals surface area contributed by atoms with Gasteiger partial charge in [-0.3, -0.25) is 0 Å². The highest BCUT2D eigenvalue weighted by Gasteiger charge is 2.26. The van der Waals surface area contributed by atoms with Crippen molar-refractivity contribution in [1.29, 1.82) is 0 Å². The van der Waals surface area contributed by atoms with E-state index >= 15 is 0 Å². The highest BCUT2D eigenvalue weighted by molar-refractivity contribution is 9.26. The third-order valence-corrected chi connectivity index (χ3v) is 3.29. The molecule has 0 nitrogen and oxygen atoms in total. The summed E-state index contributed by atoms with van der Waals surface area (Å²) >= 11 is 21.6. The molecule has 0 N–H and O–H groups in total. The van der Waals surface area contributed by atoms with E-state index in [0.717, 1.165) is 12.8 Å². The van der Waals surface area contributed by atoms with Crippen LogP contribution in [0.1, 0.15) is 19.3 Å². The van der Waals surface area contributed by atoms with Crippen LogP contribution in [0.2, 0.25) is 0 Å². The molecule has 1 atom stereocenters. The van der Waals surface area contributed by atoms with Crippen LogP contribution >= 0.6 is 71.0 Å². The summed E-state index contributed by atoms with van der Waals surface area (Å²) in [5.74, 6) is 0. The van der Waals surface area contributed by atoms with Crippen molar-refractivity contribution in [3.05, 3.63) is 6.92 Å². The van der Waals surface area contributed by atoms with E-state index in [1.807, 2.05) is 0 Å². The average molecular weight is 391 g/mol. The van der Waals surface area contributed by atoms with Gasteiger partial charge in [0.1, 0.15) is 0 Å². The van der Waals surface area contributed by atoms with E-state index in [2.05, 4.69) is 54.7 Å². The molecule has 0 fully saturated rings. The van der Waals surface area contributed by atoms with E-state index in [-0.39, 0.29) is 0 Å². The van der Waals surface area contributed by atoms with Gasteiger partial charge in [0.2, 0.25) is 0 Å². The summed E-state index contributed by atoms with van der Waals surface area (Å²) < 4.78 is -0.961. The van der Waals surface area contributed by atoms with Crippen molar-refractivity contribution in [2.75, 3.05) is 0 Å². The van der Waals surface area contributed by atoms with Crippen molar-refractivity contribution in [2.24, 2.45) is 0 Å². The minimum absolute atomic E-state index is 0.422. The monoisotopic (exact) mass is 387 g/mol. The fourth-order valence-electron chi connectivity index (χ4n) is 0.450. The van der Waals surface area contributed by atoms with E-state index in [9.17, 15) is 0 Å². The molecular formula is C6H8Br3Cl2. The first-order valence-corrected chi connectivity index (χ1v) is 6.14. The van der Waals surface area contributed by atoms with Gasteiger partial charge >= 0.3 is 0 Å². The Morgan fingerprint density at radius 1 is 1.09 bits per heavy atom. The Morgan fingerprint density at radius 3 is 1.82 bits per heavy atom. The standard InChI is InChI=1S/C6H8Br3Cl2/c1-2-5(7,10)3-4-6(8,9)11/h1-4H2. The molecule has 1 unspecified atom stereocenters. The summed E-state index contributed by atoms with van der Waals surface area (Å²) in [5, 5.41) is 0. The molecule has 0 amide bonds. The van der Waals surface area contributed by atoms with Crippen LogP contribution in [0.4, 0.5) is 0 Å². The largest absolute Gasteiger partial charge is 0.153 e. The second-order valence-electron chi connectivity index (χ2n) is 2.22.